The average Bonchev–Trinajstić information content (AvgIpc) is 3.05. The fourth-order valence-electron chi connectivity index (χ4n) is 7.00. The molecule has 1 unspecified atom stereocenters. The van der Waals surface area contributed by atoms with Crippen LogP contribution in [0.3, 0.4) is 0 Å². The molecule has 0 aromatic heterocycles. The Hall–Kier alpha value is -1.53. The number of carbonyl (C=O) groups excluding carboxylic acids is 1. The summed E-state index contributed by atoms with van der Waals surface area (Å²) in [6, 6.07) is 0. The van der Waals surface area contributed by atoms with Gasteiger partial charge in [-0.3, -0.25) is 4.79 Å². The van der Waals surface area contributed by atoms with E-state index in [2.05, 4.69) is 39.0 Å². The number of fused-ring (bicyclic) bond motifs is 4. The monoisotopic (exact) mass is 456 g/mol. The van der Waals surface area contributed by atoms with E-state index < -0.39 is 23.2 Å². The van der Waals surface area contributed by atoms with E-state index in [9.17, 15) is 25.2 Å². The van der Waals surface area contributed by atoms with E-state index >= 15 is 0 Å². The lowest BCUT2D eigenvalue weighted by Crippen LogP contribution is -2.49. The van der Waals surface area contributed by atoms with Gasteiger partial charge in [-0.2, -0.15) is 0 Å². The molecular weight excluding hydrogens is 416 g/mol. The SMILES string of the molecule is C[C@H](C=C[C@H](C)C(C)(O)CO)[C@H]1C[C@H](O)C2=C3C=CC4=CC(=O)CC[C@]4(C)[C@H]3C[C@@H](O)[C@@]21C. The number of rotatable bonds is 5. The van der Waals surface area contributed by atoms with Crippen molar-refractivity contribution < 1.29 is 25.2 Å². The summed E-state index contributed by atoms with van der Waals surface area (Å²) < 4.78 is 0. The van der Waals surface area contributed by atoms with Gasteiger partial charge in [-0.15, -0.1) is 0 Å². The molecule has 0 heterocycles. The molecule has 1 saturated carbocycles. The van der Waals surface area contributed by atoms with Gasteiger partial charge in [0.15, 0.2) is 5.78 Å². The van der Waals surface area contributed by atoms with Crippen LogP contribution in [0.4, 0.5) is 0 Å². The van der Waals surface area contributed by atoms with Gasteiger partial charge in [-0.25, -0.2) is 0 Å². The van der Waals surface area contributed by atoms with Crippen molar-refractivity contribution >= 4 is 5.78 Å². The molecule has 5 nitrogen and oxygen atoms in total. The summed E-state index contributed by atoms with van der Waals surface area (Å²) in [4.78, 5) is 12.0. The molecule has 9 atom stereocenters. The number of aliphatic hydroxyl groups excluding tert-OH is 3. The maximum Gasteiger partial charge on any atom is 0.156 e. The van der Waals surface area contributed by atoms with Gasteiger partial charge in [-0.1, -0.05) is 52.0 Å². The smallest absolute Gasteiger partial charge is 0.156 e. The number of allylic oxidation sites excluding steroid dienone is 6. The largest absolute Gasteiger partial charge is 0.393 e. The van der Waals surface area contributed by atoms with Crippen molar-refractivity contribution in [2.45, 2.75) is 78.1 Å². The topological polar surface area (TPSA) is 98.0 Å². The molecule has 0 saturated heterocycles. The number of hydrogen-bond acceptors (Lipinski definition) is 5. The average molecular weight is 457 g/mol. The van der Waals surface area contributed by atoms with Crippen molar-refractivity contribution in [2.24, 2.45) is 34.5 Å². The van der Waals surface area contributed by atoms with E-state index in [0.29, 0.717) is 19.3 Å². The third-order valence-electron chi connectivity index (χ3n) is 9.72. The van der Waals surface area contributed by atoms with Crippen LogP contribution in [-0.2, 0) is 4.79 Å². The van der Waals surface area contributed by atoms with Gasteiger partial charge in [0.1, 0.15) is 0 Å². The Morgan fingerprint density at radius 1 is 1.18 bits per heavy atom. The third-order valence-corrected chi connectivity index (χ3v) is 9.72. The normalized spacial score (nSPS) is 41.8. The lowest BCUT2D eigenvalue weighted by Gasteiger charge is -2.53. The van der Waals surface area contributed by atoms with Crippen LogP contribution < -0.4 is 0 Å². The molecule has 33 heavy (non-hydrogen) atoms. The Morgan fingerprint density at radius 2 is 1.88 bits per heavy atom. The molecule has 4 N–H and O–H groups in total. The third kappa shape index (κ3) is 3.72. The molecule has 4 aliphatic carbocycles. The first-order valence-electron chi connectivity index (χ1n) is 12.4. The molecule has 0 aromatic rings. The molecule has 0 radical (unpaired) electrons. The van der Waals surface area contributed by atoms with Gasteiger partial charge in [0, 0.05) is 17.8 Å². The standard InChI is InChI=1S/C28H40O5/c1-16(6-7-17(2)27(4,33)15-29)21-13-23(31)25-20-9-8-18-12-19(30)10-11-26(18,3)22(20)14-24(32)28(21,25)5/h6-9,12,16-17,21-24,29,31-33H,10-11,13-15H2,1-5H3/t16-,17+,21-,22+,23+,24-,26+,27?,28+/m1/s1. The summed E-state index contributed by atoms with van der Waals surface area (Å²) in [5.74, 6) is 0.179. The van der Waals surface area contributed by atoms with E-state index in [1.54, 1.807) is 13.0 Å². The molecule has 4 aliphatic rings. The van der Waals surface area contributed by atoms with Crippen molar-refractivity contribution in [3.05, 3.63) is 47.1 Å². The maximum absolute atomic E-state index is 12.0. The minimum absolute atomic E-state index is 0.0551. The highest BCUT2D eigenvalue weighted by Crippen LogP contribution is 2.63. The molecule has 182 valence electrons. The minimum atomic E-state index is -1.19. The zero-order valence-corrected chi connectivity index (χ0v) is 20.6. The van der Waals surface area contributed by atoms with Gasteiger partial charge in [-0.05, 0) is 72.2 Å². The minimum Gasteiger partial charge on any atom is -0.393 e. The Kier molecular flexibility index (Phi) is 6.18. The fourth-order valence-corrected chi connectivity index (χ4v) is 7.00. The quantitative estimate of drug-likeness (QED) is 0.475. The molecule has 0 bridgehead atoms. The Labute approximate surface area is 197 Å². The van der Waals surface area contributed by atoms with Crippen molar-refractivity contribution in [3.8, 4) is 0 Å². The summed E-state index contributed by atoms with van der Waals surface area (Å²) in [6.07, 6.45) is 11.2. The summed E-state index contributed by atoms with van der Waals surface area (Å²) in [7, 11) is 0. The summed E-state index contributed by atoms with van der Waals surface area (Å²) in [6.45, 7) is 9.60. The molecule has 1 fully saturated rings. The van der Waals surface area contributed by atoms with E-state index in [-0.39, 0.29) is 41.5 Å². The molecule has 0 aliphatic heterocycles. The molecule has 4 rings (SSSR count). The predicted molar refractivity (Wildman–Crippen MR) is 128 cm³/mol. The first-order valence-corrected chi connectivity index (χ1v) is 12.4. The molecule has 5 heteroatoms. The first kappa shape index (κ1) is 24.6. The van der Waals surface area contributed by atoms with Crippen LogP contribution in [0.25, 0.3) is 0 Å². The van der Waals surface area contributed by atoms with Crippen LogP contribution >= 0.6 is 0 Å². The summed E-state index contributed by atoms with van der Waals surface area (Å²) >= 11 is 0. The number of ketones is 1. The zero-order chi connectivity index (χ0) is 24.3. The van der Waals surface area contributed by atoms with Crippen molar-refractivity contribution in [1.82, 2.24) is 0 Å². The molecular formula is C28H40O5. The van der Waals surface area contributed by atoms with Crippen LogP contribution in [0.5, 0.6) is 0 Å². The zero-order valence-electron chi connectivity index (χ0n) is 20.6. The summed E-state index contributed by atoms with van der Waals surface area (Å²) in [5, 5.41) is 42.6. The van der Waals surface area contributed by atoms with Crippen LogP contribution in [0.1, 0.15) is 60.3 Å². The Balaban J connectivity index is 1.71. The first-order chi connectivity index (χ1) is 15.4. The second-order valence-corrected chi connectivity index (χ2v) is 11.7. The summed E-state index contributed by atoms with van der Waals surface area (Å²) in [5.41, 5.74) is 1.26. The Bertz CT molecular complexity index is 940. The lowest BCUT2D eigenvalue weighted by atomic mass is 9.52. The maximum atomic E-state index is 12.0. The second kappa shape index (κ2) is 8.30. The number of carbonyl (C=O) groups is 1. The molecule has 0 aromatic carbocycles. The van der Waals surface area contributed by atoms with Crippen molar-refractivity contribution in [1.29, 1.82) is 0 Å². The van der Waals surface area contributed by atoms with Gasteiger partial charge < -0.3 is 20.4 Å². The van der Waals surface area contributed by atoms with E-state index in [1.807, 2.05) is 13.0 Å². The van der Waals surface area contributed by atoms with Crippen molar-refractivity contribution in [2.75, 3.05) is 6.61 Å². The van der Waals surface area contributed by atoms with E-state index in [0.717, 1.165) is 23.1 Å². The lowest BCUT2D eigenvalue weighted by molar-refractivity contribution is -0.116. The number of aliphatic hydroxyl groups is 4. The van der Waals surface area contributed by atoms with Crippen LogP contribution in [0.2, 0.25) is 0 Å². The highest BCUT2D eigenvalue weighted by Gasteiger charge is 2.59. The van der Waals surface area contributed by atoms with Crippen molar-refractivity contribution in [3.63, 3.8) is 0 Å². The fraction of sp³-hybridized carbons (Fsp3) is 0.679. The van der Waals surface area contributed by atoms with Crippen LogP contribution in [0.15, 0.2) is 47.1 Å². The van der Waals surface area contributed by atoms with Gasteiger partial charge >= 0.3 is 0 Å². The highest BCUT2D eigenvalue weighted by atomic mass is 16.3. The second-order valence-electron chi connectivity index (χ2n) is 11.7. The van der Waals surface area contributed by atoms with Crippen LogP contribution in [0, 0.1) is 34.5 Å². The number of hydrogen-bond donors (Lipinski definition) is 4. The van der Waals surface area contributed by atoms with Gasteiger partial charge in [0.2, 0.25) is 0 Å². The van der Waals surface area contributed by atoms with Crippen LogP contribution in [-0.4, -0.2) is 50.6 Å². The van der Waals surface area contributed by atoms with Gasteiger partial charge in [0.25, 0.3) is 0 Å². The molecule has 0 spiro atoms. The predicted octanol–water partition coefficient (Wildman–Crippen LogP) is 3.49. The molecule has 0 amide bonds. The van der Waals surface area contributed by atoms with E-state index in [4.69, 9.17) is 0 Å². The highest BCUT2D eigenvalue weighted by molar-refractivity contribution is 5.92. The van der Waals surface area contributed by atoms with Gasteiger partial charge in [0.05, 0.1) is 24.4 Å². The van der Waals surface area contributed by atoms with E-state index in [1.165, 1.54) is 0 Å². The Morgan fingerprint density at radius 3 is 2.55 bits per heavy atom.